The molecular formula is C16H15NO4. The predicted molar refractivity (Wildman–Crippen MR) is 77.0 cm³/mol. The number of aromatic nitrogens is 1. The fourth-order valence-corrected chi connectivity index (χ4v) is 1.93. The summed E-state index contributed by atoms with van der Waals surface area (Å²) in [5, 5.41) is 0. The molecule has 0 radical (unpaired) electrons. The molecule has 0 fully saturated rings. The molecule has 0 spiro atoms. The third kappa shape index (κ3) is 3.25. The third-order valence-corrected chi connectivity index (χ3v) is 3.05. The summed E-state index contributed by atoms with van der Waals surface area (Å²) in [7, 11) is 1.33. The highest BCUT2D eigenvalue weighted by molar-refractivity contribution is 5.89. The summed E-state index contributed by atoms with van der Waals surface area (Å²) in [6, 6.07) is 8.24. The van der Waals surface area contributed by atoms with Crippen LogP contribution in [0, 0.1) is 13.8 Å². The molecule has 2 aromatic rings. The van der Waals surface area contributed by atoms with E-state index in [0.717, 1.165) is 11.8 Å². The minimum absolute atomic E-state index is 0.401. The molecule has 5 heteroatoms. The first kappa shape index (κ1) is 14.7. The summed E-state index contributed by atoms with van der Waals surface area (Å²) >= 11 is 0. The van der Waals surface area contributed by atoms with Crippen molar-refractivity contribution >= 4 is 12.3 Å². The zero-order valence-corrected chi connectivity index (χ0v) is 12.0. The topological polar surface area (TPSA) is 65.5 Å². The monoisotopic (exact) mass is 285 g/mol. The SMILES string of the molecule is COC(=O)c1ccc(Oc2cc(C)c(C=O)c(C)n2)cc1. The molecule has 1 aromatic heterocycles. The Kier molecular flexibility index (Phi) is 4.33. The predicted octanol–water partition coefficient (Wildman–Crippen LogP) is 3.09. The lowest BCUT2D eigenvalue weighted by atomic mass is 10.1. The van der Waals surface area contributed by atoms with E-state index in [1.807, 2.05) is 6.92 Å². The molecule has 0 saturated carbocycles. The van der Waals surface area contributed by atoms with Crippen molar-refractivity contribution < 1.29 is 19.1 Å². The summed E-state index contributed by atoms with van der Waals surface area (Å²) in [6.45, 7) is 3.58. The molecule has 0 aliphatic heterocycles. The number of hydrogen-bond acceptors (Lipinski definition) is 5. The van der Waals surface area contributed by atoms with Crippen LogP contribution in [0.15, 0.2) is 30.3 Å². The van der Waals surface area contributed by atoms with Crippen molar-refractivity contribution in [1.29, 1.82) is 0 Å². The van der Waals surface area contributed by atoms with Crippen LogP contribution in [0.25, 0.3) is 0 Å². The second kappa shape index (κ2) is 6.17. The molecule has 0 aliphatic rings. The van der Waals surface area contributed by atoms with Gasteiger partial charge in [0.05, 0.1) is 18.4 Å². The Morgan fingerprint density at radius 3 is 2.38 bits per heavy atom. The number of carbonyl (C=O) groups excluding carboxylic acids is 2. The minimum Gasteiger partial charge on any atom is -0.465 e. The second-order valence-corrected chi connectivity index (χ2v) is 4.51. The van der Waals surface area contributed by atoms with Crippen LogP contribution in [-0.4, -0.2) is 24.3 Å². The van der Waals surface area contributed by atoms with Crippen molar-refractivity contribution in [2.45, 2.75) is 13.8 Å². The lowest BCUT2D eigenvalue weighted by molar-refractivity contribution is 0.0600. The van der Waals surface area contributed by atoms with Gasteiger partial charge in [0.2, 0.25) is 5.88 Å². The molecule has 0 bridgehead atoms. The third-order valence-electron chi connectivity index (χ3n) is 3.05. The smallest absolute Gasteiger partial charge is 0.337 e. The molecule has 0 saturated heterocycles. The van der Waals surface area contributed by atoms with E-state index in [1.165, 1.54) is 7.11 Å². The van der Waals surface area contributed by atoms with Gasteiger partial charge in [0.1, 0.15) is 5.75 Å². The number of carbonyl (C=O) groups is 2. The lowest BCUT2D eigenvalue weighted by Crippen LogP contribution is -2.01. The van der Waals surface area contributed by atoms with Crippen LogP contribution in [0.5, 0.6) is 11.6 Å². The van der Waals surface area contributed by atoms with Crippen LogP contribution in [-0.2, 0) is 4.74 Å². The maximum absolute atomic E-state index is 11.3. The Hall–Kier alpha value is -2.69. The van der Waals surface area contributed by atoms with Gasteiger partial charge in [-0.2, -0.15) is 0 Å². The number of hydrogen-bond donors (Lipinski definition) is 0. The fraction of sp³-hybridized carbons (Fsp3) is 0.188. The van der Waals surface area contributed by atoms with E-state index in [1.54, 1.807) is 37.3 Å². The molecule has 2 rings (SSSR count). The molecule has 5 nitrogen and oxygen atoms in total. The average molecular weight is 285 g/mol. The summed E-state index contributed by atoms with van der Waals surface area (Å²) in [6.07, 6.45) is 0.784. The molecule has 108 valence electrons. The van der Waals surface area contributed by atoms with Gasteiger partial charge in [-0.15, -0.1) is 0 Å². The Morgan fingerprint density at radius 2 is 1.86 bits per heavy atom. The van der Waals surface area contributed by atoms with E-state index in [-0.39, 0.29) is 0 Å². The zero-order valence-electron chi connectivity index (χ0n) is 12.0. The van der Waals surface area contributed by atoms with Crippen LogP contribution in [0.2, 0.25) is 0 Å². The average Bonchev–Trinajstić information content (AvgIpc) is 2.47. The Labute approximate surface area is 122 Å². The Balaban J connectivity index is 2.22. The van der Waals surface area contributed by atoms with Crippen molar-refractivity contribution in [2.75, 3.05) is 7.11 Å². The lowest BCUT2D eigenvalue weighted by Gasteiger charge is -2.09. The number of aryl methyl sites for hydroxylation is 2. The number of pyridine rings is 1. The van der Waals surface area contributed by atoms with Crippen LogP contribution < -0.4 is 4.74 Å². The largest absolute Gasteiger partial charge is 0.465 e. The van der Waals surface area contributed by atoms with Gasteiger partial charge in [-0.25, -0.2) is 9.78 Å². The van der Waals surface area contributed by atoms with Gasteiger partial charge in [0, 0.05) is 11.6 Å². The number of ether oxygens (including phenoxy) is 2. The summed E-state index contributed by atoms with van der Waals surface area (Å²) < 4.78 is 10.3. The highest BCUT2D eigenvalue weighted by atomic mass is 16.5. The van der Waals surface area contributed by atoms with E-state index >= 15 is 0 Å². The highest BCUT2D eigenvalue weighted by Crippen LogP contribution is 2.23. The molecule has 21 heavy (non-hydrogen) atoms. The maximum atomic E-state index is 11.3. The summed E-state index contributed by atoms with van der Waals surface area (Å²) in [5.74, 6) is 0.552. The number of benzene rings is 1. The van der Waals surface area contributed by atoms with Crippen LogP contribution in [0.3, 0.4) is 0 Å². The van der Waals surface area contributed by atoms with Crippen LogP contribution >= 0.6 is 0 Å². The maximum Gasteiger partial charge on any atom is 0.337 e. The summed E-state index contributed by atoms with van der Waals surface area (Å²) in [5.41, 5.74) is 2.44. The Bertz CT molecular complexity index is 654. The van der Waals surface area contributed by atoms with E-state index in [0.29, 0.717) is 28.5 Å². The number of esters is 1. The van der Waals surface area contributed by atoms with Crippen molar-refractivity contribution in [2.24, 2.45) is 0 Å². The van der Waals surface area contributed by atoms with Gasteiger partial charge in [-0.05, 0) is 43.7 Å². The van der Waals surface area contributed by atoms with Gasteiger partial charge in [0.25, 0.3) is 0 Å². The standard InChI is InChI=1S/C16H15NO4/c1-10-8-15(17-11(2)14(10)9-18)21-13-6-4-12(5-7-13)16(19)20-3/h4-9H,1-3H3. The van der Waals surface area contributed by atoms with Crippen LogP contribution in [0.4, 0.5) is 0 Å². The molecule has 0 aliphatic carbocycles. The highest BCUT2D eigenvalue weighted by Gasteiger charge is 2.09. The molecule has 1 aromatic carbocycles. The minimum atomic E-state index is -0.401. The van der Waals surface area contributed by atoms with Gasteiger partial charge < -0.3 is 9.47 Å². The van der Waals surface area contributed by atoms with E-state index in [2.05, 4.69) is 9.72 Å². The van der Waals surface area contributed by atoms with Gasteiger partial charge in [0.15, 0.2) is 6.29 Å². The van der Waals surface area contributed by atoms with Crippen molar-refractivity contribution in [3.8, 4) is 11.6 Å². The van der Waals surface area contributed by atoms with E-state index in [9.17, 15) is 9.59 Å². The molecule has 0 N–H and O–H groups in total. The first-order valence-electron chi connectivity index (χ1n) is 6.35. The number of nitrogens with zero attached hydrogens (tertiary/aromatic N) is 1. The van der Waals surface area contributed by atoms with Crippen molar-refractivity contribution in [1.82, 2.24) is 4.98 Å². The van der Waals surface area contributed by atoms with Crippen molar-refractivity contribution in [3.63, 3.8) is 0 Å². The second-order valence-electron chi connectivity index (χ2n) is 4.51. The molecule has 1 heterocycles. The summed E-state index contributed by atoms with van der Waals surface area (Å²) in [4.78, 5) is 26.5. The van der Waals surface area contributed by atoms with Crippen molar-refractivity contribution in [3.05, 3.63) is 52.7 Å². The first-order valence-corrected chi connectivity index (χ1v) is 6.35. The quantitative estimate of drug-likeness (QED) is 0.638. The number of methoxy groups -OCH3 is 1. The normalized spacial score (nSPS) is 10.0. The molecule has 0 atom stereocenters. The molecule has 0 unspecified atom stereocenters. The number of aldehydes is 1. The van der Waals surface area contributed by atoms with Gasteiger partial charge >= 0.3 is 5.97 Å². The molecular weight excluding hydrogens is 270 g/mol. The molecule has 0 amide bonds. The van der Waals surface area contributed by atoms with E-state index < -0.39 is 5.97 Å². The zero-order chi connectivity index (χ0) is 15.4. The van der Waals surface area contributed by atoms with Gasteiger partial charge in [-0.1, -0.05) is 0 Å². The Morgan fingerprint density at radius 1 is 1.19 bits per heavy atom. The van der Waals surface area contributed by atoms with E-state index in [4.69, 9.17) is 4.74 Å². The fourth-order valence-electron chi connectivity index (χ4n) is 1.93. The van der Waals surface area contributed by atoms with Gasteiger partial charge in [-0.3, -0.25) is 4.79 Å². The first-order chi connectivity index (χ1) is 10.0. The number of rotatable bonds is 4. The van der Waals surface area contributed by atoms with Crippen LogP contribution in [0.1, 0.15) is 32.0 Å².